The molecular formula is C16H20FN3O3. The molecule has 0 saturated carbocycles. The van der Waals surface area contributed by atoms with Gasteiger partial charge >= 0.3 is 5.97 Å². The number of hydrogen-bond acceptors (Lipinski definition) is 4. The quantitative estimate of drug-likeness (QED) is 0.779. The average molecular weight is 321 g/mol. The van der Waals surface area contributed by atoms with Crippen LogP contribution in [0.5, 0.6) is 0 Å². The summed E-state index contributed by atoms with van der Waals surface area (Å²) in [6.45, 7) is 0.481. The Balaban J connectivity index is 1.67. The third-order valence-corrected chi connectivity index (χ3v) is 4.54. The molecule has 1 aromatic carbocycles. The predicted octanol–water partition coefficient (Wildman–Crippen LogP) is 1.20. The number of piperidine rings is 1. The Morgan fingerprint density at radius 3 is 2.61 bits per heavy atom. The van der Waals surface area contributed by atoms with Gasteiger partial charge in [-0.3, -0.25) is 4.79 Å². The van der Waals surface area contributed by atoms with Gasteiger partial charge in [-0.15, -0.1) is 0 Å². The highest BCUT2D eigenvalue weighted by molar-refractivity contribution is 5.87. The standard InChI is InChI=1S/C16H20FN3O3/c17-11-6-4-10(5-7-11)12-9-13(19-18-12)15(21)20-8-2-1-3-14(20)16(22)23/h4-7,12-14,18-19H,1-3,8-9H2,(H,22,23). The van der Waals surface area contributed by atoms with Crippen LogP contribution in [0.2, 0.25) is 0 Å². The van der Waals surface area contributed by atoms with E-state index in [1.165, 1.54) is 17.0 Å². The number of carboxylic acid groups (broad SMARTS) is 1. The van der Waals surface area contributed by atoms with Crippen LogP contribution in [0.3, 0.4) is 0 Å². The van der Waals surface area contributed by atoms with Crippen molar-refractivity contribution in [1.82, 2.24) is 15.8 Å². The molecule has 0 radical (unpaired) electrons. The lowest BCUT2D eigenvalue weighted by atomic mass is 9.98. The smallest absolute Gasteiger partial charge is 0.326 e. The van der Waals surface area contributed by atoms with Crippen molar-refractivity contribution < 1.29 is 19.1 Å². The van der Waals surface area contributed by atoms with Crippen molar-refractivity contribution in [2.24, 2.45) is 0 Å². The Morgan fingerprint density at radius 2 is 1.91 bits per heavy atom. The van der Waals surface area contributed by atoms with E-state index in [4.69, 9.17) is 0 Å². The van der Waals surface area contributed by atoms with E-state index in [1.807, 2.05) is 0 Å². The summed E-state index contributed by atoms with van der Waals surface area (Å²) in [5.74, 6) is -1.43. The normalized spacial score (nSPS) is 27.9. The first kappa shape index (κ1) is 15.9. The minimum atomic E-state index is -0.945. The van der Waals surface area contributed by atoms with E-state index < -0.39 is 18.1 Å². The fourth-order valence-electron chi connectivity index (χ4n) is 3.28. The molecule has 0 aliphatic carbocycles. The highest BCUT2D eigenvalue weighted by Crippen LogP contribution is 2.25. The lowest BCUT2D eigenvalue weighted by molar-refractivity contribution is -0.152. The molecule has 2 heterocycles. The Labute approximate surface area is 133 Å². The zero-order chi connectivity index (χ0) is 16.4. The van der Waals surface area contributed by atoms with Crippen molar-refractivity contribution in [2.75, 3.05) is 6.54 Å². The van der Waals surface area contributed by atoms with Crippen LogP contribution < -0.4 is 10.9 Å². The second kappa shape index (κ2) is 6.64. The van der Waals surface area contributed by atoms with E-state index in [1.54, 1.807) is 12.1 Å². The van der Waals surface area contributed by atoms with Crippen molar-refractivity contribution in [1.29, 1.82) is 0 Å². The van der Waals surface area contributed by atoms with Crippen LogP contribution in [-0.4, -0.2) is 40.5 Å². The van der Waals surface area contributed by atoms with Gasteiger partial charge in [-0.25, -0.2) is 20.0 Å². The number of amides is 1. The maximum absolute atomic E-state index is 13.0. The van der Waals surface area contributed by atoms with Crippen molar-refractivity contribution in [3.63, 3.8) is 0 Å². The summed E-state index contributed by atoms with van der Waals surface area (Å²) in [7, 11) is 0. The molecule has 2 aliphatic heterocycles. The van der Waals surface area contributed by atoms with E-state index in [-0.39, 0.29) is 17.8 Å². The maximum Gasteiger partial charge on any atom is 0.326 e. The van der Waals surface area contributed by atoms with E-state index in [0.717, 1.165) is 18.4 Å². The topological polar surface area (TPSA) is 81.7 Å². The van der Waals surface area contributed by atoms with Gasteiger partial charge in [-0.1, -0.05) is 12.1 Å². The van der Waals surface area contributed by atoms with Gasteiger partial charge in [0.05, 0.1) is 0 Å². The van der Waals surface area contributed by atoms with Crippen molar-refractivity contribution in [3.05, 3.63) is 35.6 Å². The maximum atomic E-state index is 13.0. The van der Waals surface area contributed by atoms with Crippen LogP contribution in [0.1, 0.15) is 37.3 Å². The van der Waals surface area contributed by atoms with Gasteiger partial charge in [0, 0.05) is 12.6 Å². The average Bonchev–Trinajstić information content (AvgIpc) is 3.04. The molecule has 2 fully saturated rings. The SMILES string of the molecule is O=C(O)C1CCCCN1C(=O)C1CC(c2ccc(F)cc2)NN1. The number of nitrogens with zero attached hydrogens (tertiary/aromatic N) is 1. The predicted molar refractivity (Wildman–Crippen MR) is 80.8 cm³/mol. The van der Waals surface area contributed by atoms with Crippen LogP contribution in [-0.2, 0) is 9.59 Å². The number of carbonyl (C=O) groups excluding carboxylic acids is 1. The van der Waals surface area contributed by atoms with Crippen LogP contribution in [0.15, 0.2) is 24.3 Å². The minimum absolute atomic E-state index is 0.0994. The zero-order valence-electron chi connectivity index (χ0n) is 12.7. The number of aliphatic carboxylic acids is 1. The van der Waals surface area contributed by atoms with Crippen LogP contribution in [0, 0.1) is 5.82 Å². The molecule has 1 amide bonds. The first-order chi connectivity index (χ1) is 11.1. The van der Waals surface area contributed by atoms with Gasteiger partial charge in [0.2, 0.25) is 5.91 Å². The van der Waals surface area contributed by atoms with Gasteiger partial charge in [0.25, 0.3) is 0 Å². The highest BCUT2D eigenvalue weighted by Gasteiger charge is 2.38. The number of carboxylic acids is 1. The van der Waals surface area contributed by atoms with Crippen LogP contribution in [0.25, 0.3) is 0 Å². The first-order valence-electron chi connectivity index (χ1n) is 7.86. The lowest BCUT2D eigenvalue weighted by Crippen LogP contribution is -2.54. The Morgan fingerprint density at radius 1 is 1.17 bits per heavy atom. The number of hydrazine groups is 1. The molecule has 0 bridgehead atoms. The molecule has 124 valence electrons. The number of rotatable bonds is 3. The molecule has 6 nitrogen and oxygen atoms in total. The van der Waals surface area contributed by atoms with E-state index in [2.05, 4.69) is 10.9 Å². The third-order valence-electron chi connectivity index (χ3n) is 4.54. The first-order valence-corrected chi connectivity index (χ1v) is 7.86. The van der Waals surface area contributed by atoms with Crippen LogP contribution >= 0.6 is 0 Å². The second-order valence-electron chi connectivity index (χ2n) is 6.06. The highest BCUT2D eigenvalue weighted by atomic mass is 19.1. The fraction of sp³-hybridized carbons (Fsp3) is 0.500. The van der Waals surface area contributed by atoms with E-state index in [0.29, 0.717) is 19.4 Å². The summed E-state index contributed by atoms with van der Waals surface area (Å²) in [5, 5.41) is 9.29. The van der Waals surface area contributed by atoms with Gasteiger partial charge in [0.1, 0.15) is 17.9 Å². The molecule has 3 N–H and O–H groups in total. The lowest BCUT2D eigenvalue weighted by Gasteiger charge is -2.34. The Hall–Kier alpha value is -1.99. The third kappa shape index (κ3) is 3.35. The number of hydrogen-bond donors (Lipinski definition) is 3. The molecular weight excluding hydrogens is 301 g/mol. The van der Waals surface area contributed by atoms with E-state index >= 15 is 0 Å². The second-order valence-corrected chi connectivity index (χ2v) is 6.06. The van der Waals surface area contributed by atoms with Gasteiger partial charge < -0.3 is 10.0 Å². The van der Waals surface area contributed by atoms with Gasteiger partial charge in [-0.05, 0) is 43.4 Å². The number of carbonyl (C=O) groups is 2. The molecule has 23 heavy (non-hydrogen) atoms. The fourth-order valence-corrected chi connectivity index (χ4v) is 3.28. The van der Waals surface area contributed by atoms with Gasteiger partial charge in [0.15, 0.2) is 0 Å². The summed E-state index contributed by atoms with van der Waals surface area (Å²) < 4.78 is 13.0. The summed E-state index contributed by atoms with van der Waals surface area (Å²) >= 11 is 0. The molecule has 2 saturated heterocycles. The number of likely N-dealkylation sites (tertiary alicyclic amines) is 1. The Kier molecular flexibility index (Phi) is 4.58. The van der Waals surface area contributed by atoms with Crippen molar-refractivity contribution >= 4 is 11.9 Å². The Bertz CT molecular complexity index is 593. The number of halogens is 1. The van der Waals surface area contributed by atoms with E-state index in [9.17, 15) is 19.1 Å². The monoisotopic (exact) mass is 321 g/mol. The zero-order valence-corrected chi connectivity index (χ0v) is 12.7. The number of nitrogens with one attached hydrogen (secondary N) is 2. The molecule has 1 aromatic rings. The summed E-state index contributed by atoms with van der Waals surface area (Å²) in [6, 6.07) is 4.84. The molecule has 3 rings (SSSR count). The summed E-state index contributed by atoms with van der Waals surface area (Å²) in [5.41, 5.74) is 6.88. The molecule has 2 aliphatic rings. The number of benzene rings is 1. The summed E-state index contributed by atoms with van der Waals surface area (Å²) in [4.78, 5) is 25.5. The molecule has 7 heteroatoms. The molecule has 3 atom stereocenters. The molecule has 0 spiro atoms. The largest absolute Gasteiger partial charge is 0.480 e. The van der Waals surface area contributed by atoms with Crippen LogP contribution in [0.4, 0.5) is 4.39 Å². The molecule has 0 aromatic heterocycles. The van der Waals surface area contributed by atoms with Crippen molar-refractivity contribution in [2.45, 2.75) is 43.8 Å². The van der Waals surface area contributed by atoms with Crippen molar-refractivity contribution in [3.8, 4) is 0 Å². The van der Waals surface area contributed by atoms with Gasteiger partial charge in [-0.2, -0.15) is 0 Å². The minimum Gasteiger partial charge on any atom is -0.480 e. The summed E-state index contributed by atoms with van der Waals surface area (Å²) in [6.07, 6.45) is 2.67. The molecule has 3 unspecified atom stereocenters.